The molecule has 0 radical (unpaired) electrons. The molecule has 2 aromatic carbocycles. The van der Waals surface area contributed by atoms with Gasteiger partial charge in [-0.2, -0.15) is 0 Å². The Morgan fingerprint density at radius 3 is 2.34 bits per heavy atom. The number of aryl methyl sites for hydroxylation is 2. The number of esters is 1. The molecule has 0 aromatic heterocycles. The summed E-state index contributed by atoms with van der Waals surface area (Å²) < 4.78 is 5.01. The van der Waals surface area contributed by atoms with E-state index < -0.39 is 18.5 Å². The number of anilines is 2. The Kier molecular flexibility index (Phi) is 8.17. The van der Waals surface area contributed by atoms with Gasteiger partial charge < -0.3 is 25.8 Å². The zero-order chi connectivity index (χ0) is 21.2. The lowest BCUT2D eigenvalue weighted by atomic mass is 10.1. The number of rotatable bonds is 9. The number of hydrogen-bond acceptors (Lipinski definition) is 6. The summed E-state index contributed by atoms with van der Waals surface area (Å²) in [5.74, 6) is -1.64. The van der Waals surface area contributed by atoms with E-state index in [4.69, 9.17) is 9.84 Å². The van der Waals surface area contributed by atoms with Crippen molar-refractivity contribution in [3.05, 3.63) is 59.2 Å². The van der Waals surface area contributed by atoms with Crippen molar-refractivity contribution < 1.29 is 24.2 Å². The molecular formula is C21H25N3O5. The van der Waals surface area contributed by atoms with E-state index in [0.717, 1.165) is 11.1 Å². The van der Waals surface area contributed by atoms with Crippen LogP contribution in [-0.2, 0) is 14.3 Å². The van der Waals surface area contributed by atoms with Crippen LogP contribution in [-0.4, -0.2) is 49.2 Å². The standard InChI is InChI=1S/C21H25N3O5/c1-14-6-5-7-15(2)20(14)24-18(26)12-23-19(27)13-29-21(28)16-8-3-4-9-17(16)22-10-11-25/h3-9,22,25H,10-13H2,1-2H3,(H,23,27)(H,24,26). The highest BCUT2D eigenvalue weighted by molar-refractivity contribution is 5.98. The number of aliphatic hydroxyl groups is 1. The number of aliphatic hydroxyl groups excluding tert-OH is 1. The van der Waals surface area contributed by atoms with E-state index in [0.29, 0.717) is 11.4 Å². The summed E-state index contributed by atoms with van der Waals surface area (Å²) in [6.07, 6.45) is 0. The van der Waals surface area contributed by atoms with Gasteiger partial charge in [-0.3, -0.25) is 9.59 Å². The van der Waals surface area contributed by atoms with Crippen LogP contribution in [0.3, 0.4) is 0 Å². The molecule has 0 fully saturated rings. The molecule has 0 bridgehead atoms. The normalized spacial score (nSPS) is 10.2. The van der Waals surface area contributed by atoms with Gasteiger partial charge in [-0.25, -0.2) is 4.79 Å². The first-order valence-corrected chi connectivity index (χ1v) is 9.16. The third-order valence-corrected chi connectivity index (χ3v) is 4.10. The SMILES string of the molecule is Cc1cccc(C)c1NC(=O)CNC(=O)COC(=O)c1ccccc1NCCO. The molecule has 0 aliphatic rings. The monoisotopic (exact) mass is 399 g/mol. The molecule has 0 unspecified atom stereocenters. The minimum atomic E-state index is -0.679. The molecule has 154 valence electrons. The predicted octanol–water partition coefficient (Wildman–Crippen LogP) is 1.62. The number of hydrogen-bond donors (Lipinski definition) is 4. The summed E-state index contributed by atoms with van der Waals surface area (Å²) in [6.45, 7) is 3.21. The van der Waals surface area contributed by atoms with Crippen molar-refractivity contribution in [1.82, 2.24) is 5.32 Å². The number of amides is 2. The van der Waals surface area contributed by atoms with Crippen LogP contribution in [0.15, 0.2) is 42.5 Å². The van der Waals surface area contributed by atoms with Crippen LogP contribution in [0.5, 0.6) is 0 Å². The molecule has 0 aliphatic carbocycles. The highest BCUT2D eigenvalue weighted by Gasteiger charge is 2.15. The molecule has 8 nitrogen and oxygen atoms in total. The molecule has 2 aromatic rings. The number of carbonyl (C=O) groups excluding carboxylic acids is 3. The van der Waals surface area contributed by atoms with Gasteiger partial charge in [-0.05, 0) is 37.1 Å². The fourth-order valence-electron chi connectivity index (χ4n) is 2.64. The second-order valence-electron chi connectivity index (χ2n) is 6.36. The summed E-state index contributed by atoms with van der Waals surface area (Å²) in [5, 5.41) is 17.0. The molecule has 8 heteroatoms. The van der Waals surface area contributed by atoms with E-state index in [-0.39, 0.29) is 31.2 Å². The van der Waals surface area contributed by atoms with Crippen molar-refractivity contribution in [2.24, 2.45) is 0 Å². The van der Waals surface area contributed by atoms with Crippen molar-refractivity contribution in [2.75, 3.05) is 36.9 Å². The third kappa shape index (κ3) is 6.62. The van der Waals surface area contributed by atoms with E-state index in [2.05, 4.69) is 16.0 Å². The quantitative estimate of drug-likeness (QED) is 0.476. The molecule has 0 saturated heterocycles. The lowest BCUT2D eigenvalue weighted by Gasteiger charge is -2.12. The lowest BCUT2D eigenvalue weighted by molar-refractivity contribution is -0.126. The van der Waals surface area contributed by atoms with Gasteiger partial charge in [-0.1, -0.05) is 30.3 Å². The Labute approximate surface area is 169 Å². The zero-order valence-corrected chi connectivity index (χ0v) is 16.5. The van der Waals surface area contributed by atoms with E-state index in [1.165, 1.54) is 0 Å². The van der Waals surface area contributed by atoms with Gasteiger partial charge in [0.25, 0.3) is 5.91 Å². The molecule has 2 rings (SSSR count). The molecule has 0 spiro atoms. The first-order valence-electron chi connectivity index (χ1n) is 9.16. The number of para-hydroxylation sites is 2. The number of carbonyl (C=O) groups is 3. The van der Waals surface area contributed by atoms with E-state index in [9.17, 15) is 14.4 Å². The van der Waals surface area contributed by atoms with Gasteiger partial charge in [0.1, 0.15) is 0 Å². The number of nitrogens with one attached hydrogen (secondary N) is 3. The van der Waals surface area contributed by atoms with Crippen LogP contribution in [0.2, 0.25) is 0 Å². The van der Waals surface area contributed by atoms with Crippen LogP contribution in [0, 0.1) is 13.8 Å². The van der Waals surface area contributed by atoms with E-state index >= 15 is 0 Å². The van der Waals surface area contributed by atoms with Gasteiger partial charge in [0.2, 0.25) is 5.91 Å². The molecule has 4 N–H and O–H groups in total. The van der Waals surface area contributed by atoms with Gasteiger partial charge in [0.05, 0.1) is 18.7 Å². The summed E-state index contributed by atoms with van der Waals surface area (Å²) in [4.78, 5) is 36.2. The molecule has 2 amide bonds. The largest absolute Gasteiger partial charge is 0.452 e. The third-order valence-electron chi connectivity index (χ3n) is 4.10. The summed E-state index contributed by atoms with van der Waals surface area (Å²) in [5.41, 5.74) is 3.31. The van der Waals surface area contributed by atoms with Crippen LogP contribution >= 0.6 is 0 Å². The molecular weight excluding hydrogens is 374 g/mol. The molecule has 0 saturated carbocycles. The Morgan fingerprint density at radius 2 is 1.66 bits per heavy atom. The first kappa shape index (κ1) is 21.9. The average Bonchev–Trinajstić information content (AvgIpc) is 2.72. The van der Waals surface area contributed by atoms with Crippen molar-refractivity contribution in [3.8, 4) is 0 Å². The van der Waals surface area contributed by atoms with Gasteiger partial charge >= 0.3 is 5.97 Å². The van der Waals surface area contributed by atoms with Crippen LogP contribution in [0.1, 0.15) is 21.5 Å². The van der Waals surface area contributed by atoms with Crippen molar-refractivity contribution in [1.29, 1.82) is 0 Å². The molecule has 0 atom stereocenters. The first-order chi connectivity index (χ1) is 13.9. The van der Waals surface area contributed by atoms with Crippen molar-refractivity contribution in [3.63, 3.8) is 0 Å². The Balaban J connectivity index is 1.81. The van der Waals surface area contributed by atoms with E-state index in [1.54, 1.807) is 24.3 Å². The van der Waals surface area contributed by atoms with Gasteiger partial charge in [0, 0.05) is 17.9 Å². The minimum Gasteiger partial charge on any atom is -0.452 e. The van der Waals surface area contributed by atoms with Gasteiger partial charge in [-0.15, -0.1) is 0 Å². The Bertz CT molecular complexity index is 862. The van der Waals surface area contributed by atoms with Crippen molar-refractivity contribution in [2.45, 2.75) is 13.8 Å². The van der Waals surface area contributed by atoms with Crippen LogP contribution in [0.4, 0.5) is 11.4 Å². The maximum atomic E-state index is 12.2. The molecule has 0 aliphatic heterocycles. The number of ether oxygens (including phenoxy) is 1. The van der Waals surface area contributed by atoms with E-state index in [1.807, 2.05) is 32.0 Å². The topological polar surface area (TPSA) is 117 Å². The highest BCUT2D eigenvalue weighted by atomic mass is 16.5. The lowest BCUT2D eigenvalue weighted by Crippen LogP contribution is -2.35. The second-order valence-corrected chi connectivity index (χ2v) is 6.36. The molecule has 0 heterocycles. The van der Waals surface area contributed by atoms with Crippen LogP contribution < -0.4 is 16.0 Å². The fourth-order valence-corrected chi connectivity index (χ4v) is 2.64. The zero-order valence-electron chi connectivity index (χ0n) is 16.5. The average molecular weight is 399 g/mol. The maximum absolute atomic E-state index is 12.2. The second kappa shape index (κ2) is 10.8. The molecule has 29 heavy (non-hydrogen) atoms. The number of benzene rings is 2. The summed E-state index contributed by atoms with van der Waals surface area (Å²) >= 11 is 0. The Morgan fingerprint density at radius 1 is 0.966 bits per heavy atom. The predicted molar refractivity (Wildman–Crippen MR) is 110 cm³/mol. The fraction of sp³-hybridized carbons (Fsp3) is 0.286. The summed E-state index contributed by atoms with van der Waals surface area (Å²) in [6, 6.07) is 12.3. The van der Waals surface area contributed by atoms with Crippen molar-refractivity contribution >= 4 is 29.2 Å². The Hall–Kier alpha value is -3.39. The smallest absolute Gasteiger partial charge is 0.340 e. The van der Waals surface area contributed by atoms with Crippen LogP contribution in [0.25, 0.3) is 0 Å². The summed E-state index contributed by atoms with van der Waals surface area (Å²) in [7, 11) is 0. The minimum absolute atomic E-state index is 0.0874. The maximum Gasteiger partial charge on any atom is 0.340 e. The van der Waals surface area contributed by atoms with Gasteiger partial charge in [0.15, 0.2) is 6.61 Å². The highest BCUT2D eigenvalue weighted by Crippen LogP contribution is 2.19.